The van der Waals surface area contributed by atoms with Gasteiger partial charge in [0.05, 0.1) is 11.6 Å². The molecule has 1 unspecified atom stereocenters. The van der Waals surface area contributed by atoms with Gasteiger partial charge in [0.25, 0.3) is 5.91 Å². The summed E-state index contributed by atoms with van der Waals surface area (Å²) in [6.45, 7) is 1.56. The zero-order valence-corrected chi connectivity index (χ0v) is 9.01. The van der Waals surface area contributed by atoms with Gasteiger partial charge in [-0.05, 0) is 25.1 Å². The van der Waals surface area contributed by atoms with Crippen molar-refractivity contribution in [3.05, 3.63) is 35.4 Å². The molecular formula is C12H10F3NO. The maximum absolute atomic E-state index is 12.4. The maximum Gasteiger partial charge on any atom is 0.416 e. The second kappa shape index (κ2) is 4.91. The zero-order chi connectivity index (χ0) is 13.1. The average molecular weight is 241 g/mol. The number of halogens is 3. The van der Waals surface area contributed by atoms with E-state index in [1.807, 2.05) is 0 Å². The molecule has 0 aromatic heterocycles. The van der Waals surface area contributed by atoms with Crippen molar-refractivity contribution in [2.45, 2.75) is 19.1 Å². The number of carbonyl (C=O) groups excluding carboxylic acids is 1. The van der Waals surface area contributed by atoms with Crippen LogP contribution in [0.5, 0.6) is 0 Å². The number of amides is 1. The summed E-state index contributed by atoms with van der Waals surface area (Å²) in [4.78, 5) is 11.5. The van der Waals surface area contributed by atoms with Crippen LogP contribution in [0.1, 0.15) is 22.8 Å². The van der Waals surface area contributed by atoms with Crippen LogP contribution in [-0.2, 0) is 6.18 Å². The van der Waals surface area contributed by atoms with Gasteiger partial charge >= 0.3 is 6.18 Å². The van der Waals surface area contributed by atoms with E-state index >= 15 is 0 Å². The summed E-state index contributed by atoms with van der Waals surface area (Å²) in [7, 11) is 0. The molecule has 0 saturated carbocycles. The fraction of sp³-hybridized carbons (Fsp3) is 0.250. The molecule has 90 valence electrons. The Labute approximate surface area is 96.8 Å². The number of hydrogen-bond acceptors (Lipinski definition) is 1. The first-order valence-electron chi connectivity index (χ1n) is 4.79. The minimum absolute atomic E-state index is 0.0677. The molecule has 1 atom stereocenters. The van der Waals surface area contributed by atoms with Crippen LogP contribution in [-0.4, -0.2) is 11.9 Å². The minimum Gasteiger partial charge on any atom is -0.339 e. The fourth-order valence-corrected chi connectivity index (χ4v) is 1.16. The van der Waals surface area contributed by atoms with Crippen LogP contribution in [0.4, 0.5) is 13.2 Å². The van der Waals surface area contributed by atoms with Crippen LogP contribution in [0, 0.1) is 12.3 Å². The molecule has 17 heavy (non-hydrogen) atoms. The van der Waals surface area contributed by atoms with Crippen molar-refractivity contribution < 1.29 is 18.0 Å². The number of alkyl halides is 3. The third-order valence-corrected chi connectivity index (χ3v) is 2.05. The Balaban J connectivity index is 2.93. The third kappa shape index (κ3) is 3.52. The maximum atomic E-state index is 12.4. The normalized spacial score (nSPS) is 12.6. The van der Waals surface area contributed by atoms with Gasteiger partial charge in [-0.2, -0.15) is 13.2 Å². The van der Waals surface area contributed by atoms with Crippen molar-refractivity contribution in [2.24, 2.45) is 0 Å². The SMILES string of the molecule is C#CC(C)NC(=O)c1cccc(C(F)(F)F)c1. The summed E-state index contributed by atoms with van der Waals surface area (Å²) in [5.41, 5.74) is -0.930. The van der Waals surface area contributed by atoms with E-state index in [9.17, 15) is 18.0 Å². The van der Waals surface area contributed by atoms with Crippen LogP contribution in [0.2, 0.25) is 0 Å². The summed E-state index contributed by atoms with van der Waals surface area (Å²) in [5, 5.41) is 2.38. The smallest absolute Gasteiger partial charge is 0.339 e. The number of hydrogen-bond donors (Lipinski definition) is 1. The van der Waals surface area contributed by atoms with Crippen LogP contribution in [0.15, 0.2) is 24.3 Å². The van der Waals surface area contributed by atoms with E-state index < -0.39 is 23.7 Å². The van der Waals surface area contributed by atoms with Crippen molar-refractivity contribution in [1.82, 2.24) is 5.32 Å². The highest BCUT2D eigenvalue weighted by atomic mass is 19.4. The van der Waals surface area contributed by atoms with E-state index in [1.54, 1.807) is 6.92 Å². The Morgan fingerprint density at radius 3 is 2.65 bits per heavy atom. The van der Waals surface area contributed by atoms with Crippen molar-refractivity contribution in [2.75, 3.05) is 0 Å². The summed E-state index contributed by atoms with van der Waals surface area (Å²) >= 11 is 0. The summed E-state index contributed by atoms with van der Waals surface area (Å²) in [6.07, 6.45) is 0.589. The number of carbonyl (C=O) groups is 1. The predicted octanol–water partition coefficient (Wildman–Crippen LogP) is 2.46. The van der Waals surface area contributed by atoms with Crippen LogP contribution < -0.4 is 5.32 Å². The Morgan fingerprint density at radius 2 is 2.12 bits per heavy atom. The van der Waals surface area contributed by atoms with Crippen LogP contribution in [0.3, 0.4) is 0 Å². The molecule has 0 aliphatic carbocycles. The molecule has 0 heterocycles. The highest BCUT2D eigenvalue weighted by molar-refractivity contribution is 5.94. The molecule has 0 saturated heterocycles. The second-order valence-electron chi connectivity index (χ2n) is 3.44. The molecule has 1 N–H and O–H groups in total. The average Bonchev–Trinajstić information content (AvgIpc) is 2.28. The lowest BCUT2D eigenvalue weighted by Crippen LogP contribution is -2.31. The van der Waals surface area contributed by atoms with E-state index in [0.29, 0.717) is 0 Å². The highest BCUT2D eigenvalue weighted by Crippen LogP contribution is 2.29. The van der Waals surface area contributed by atoms with E-state index in [-0.39, 0.29) is 5.56 Å². The van der Waals surface area contributed by atoms with Crippen molar-refractivity contribution in [3.8, 4) is 12.3 Å². The number of terminal acetylenes is 1. The highest BCUT2D eigenvalue weighted by Gasteiger charge is 2.30. The van der Waals surface area contributed by atoms with E-state index in [0.717, 1.165) is 12.1 Å². The minimum atomic E-state index is -4.46. The molecule has 5 heteroatoms. The first kappa shape index (κ1) is 13.1. The monoisotopic (exact) mass is 241 g/mol. The van der Waals surface area contributed by atoms with Gasteiger partial charge in [0.1, 0.15) is 0 Å². The zero-order valence-electron chi connectivity index (χ0n) is 9.01. The molecule has 0 bridgehead atoms. The van der Waals surface area contributed by atoms with Gasteiger partial charge < -0.3 is 5.32 Å². The summed E-state index contributed by atoms with van der Waals surface area (Å²) < 4.78 is 37.2. The van der Waals surface area contributed by atoms with E-state index in [4.69, 9.17) is 6.42 Å². The second-order valence-corrected chi connectivity index (χ2v) is 3.44. The van der Waals surface area contributed by atoms with E-state index in [1.165, 1.54) is 12.1 Å². The first-order chi connectivity index (χ1) is 7.84. The lowest BCUT2D eigenvalue weighted by Gasteiger charge is -2.10. The molecule has 1 amide bonds. The molecule has 0 fully saturated rings. The first-order valence-corrected chi connectivity index (χ1v) is 4.79. The van der Waals surface area contributed by atoms with Crippen LogP contribution >= 0.6 is 0 Å². The lowest BCUT2D eigenvalue weighted by molar-refractivity contribution is -0.137. The molecule has 0 aliphatic rings. The summed E-state index contributed by atoms with van der Waals surface area (Å²) in [6, 6.07) is 3.64. The van der Waals surface area contributed by atoms with Gasteiger partial charge in [-0.1, -0.05) is 12.0 Å². The largest absolute Gasteiger partial charge is 0.416 e. The molecule has 0 aliphatic heterocycles. The van der Waals surface area contributed by atoms with Crippen LogP contribution in [0.25, 0.3) is 0 Å². The van der Waals surface area contributed by atoms with Gasteiger partial charge in [0.15, 0.2) is 0 Å². The van der Waals surface area contributed by atoms with Gasteiger partial charge in [-0.25, -0.2) is 0 Å². The molecule has 0 spiro atoms. The number of nitrogens with one attached hydrogen (secondary N) is 1. The quantitative estimate of drug-likeness (QED) is 0.792. The Morgan fingerprint density at radius 1 is 1.47 bits per heavy atom. The fourth-order valence-electron chi connectivity index (χ4n) is 1.16. The summed E-state index contributed by atoms with van der Waals surface area (Å²) in [5.74, 6) is 1.63. The Bertz CT molecular complexity index is 460. The Kier molecular flexibility index (Phi) is 3.79. The molecule has 1 aromatic rings. The Hall–Kier alpha value is -1.96. The van der Waals surface area contributed by atoms with E-state index in [2.05, 4.69) is 11.2 Å². The third-order valence-electron chi connectivity index (χ3n) is 2.05. The van der Waals surface area contributed by atoms with Gasteiger partial charge in [0.2, 0.25) is 0 Å². The molecule has 1 rings (SSSR count). The van der Waals surface area contributed by atoms with Gasteiger partial charge in [-0.3, -0.25) is 4.79 Å². The molecule has 2 nitrogen and oxygen atoms in total. The number of rotatable bonds is 2. The molecule has 1 aromatic carbocycles. The lowest BCUT2D eigenvalue weighted by atomic mass is 10.1. The topological polar surface area (TPSA) is 29.1 Å². The van der Waals surface area contributed by atoms with Gasteiger partial charge in [-0.15, -0.1) is 6.42 Å². The van der Waals surface area contributed by atoms with Crippen molar-refractivity contribution in [3.63, 3.8) is 0 Å². The standard InChI is InChI=1S/C12H10F3NO/c1-3-8(2)16-11(17)9-5-4-6-10(7-9)12(13,14)15/h1,4-8H,2H3,(H,16,17). The molecule has 0 radical (unpaired) electrons. The van der Waals surface area contributed by atoms with Crippen molar-refractivity contribution >= 4 is 5.91 Å². The number of benzene rings is 1. The predicted molar refractivity (Wildman–Crippen MR) is 57.2 cm³/mol. The molecular weight excluding hydrogens is 231 g/mol. The van der Waals surface area contributed by atoms with Crippen molar-refractivity contribution in [1.29, 1.82) is 0 Å². The van der Waals surface area contributed by atoms with Gasteiger partial charge in [0, 0.05) is 5.56 Å².